The van der Waals surface area contributed by atoms with Crippen LogP contribution in [0.4, 0.5) is 11.8 Å². The van der Waals surface area contributed by atoms with Gasteiger partial charge in [0.25, 0.3) is 0 Å². The summed E-state index contributed by atoms with van der Waals surface area (Å²) in [5.74, 6) is 0.728. The number of nitrogen functional groups attached to an aromatic ring is 2. The van der Waals surface area contributed by atoms with Crippen molar-refractivity contribution in [2.45, 2.75) is 13.3 Å². The average molecular weight is 415 g/mol. The lowest BCUT2D eigenvalue weighted by molar-refractivity contribution is 0.203. The molecule has 142 valence electrons. The molecule has 0 aliphatic rings. The summed E-state index contributed by atoms with van der Waals surface area (Å²) in [6.45, 7) is 1.96. The lowest BCUT2D eigenvalue weighted by atomic mass is 10.0. The Kier molecular flexibility index (Phi) is 4.49. The van der Waals surface area contributed by atoms with E-state index in [-0.39, 0.29) is 11.8 Å². The van der Waals surface area contributed by atoms with Crippen LogP contribution < -0.4 is 11.5 Å². The zero-order chi connectivity index (χ0) is 20.0. The highest BCUT2D eigenvalue weighted by molar-refractivity contribution is 6.36. The number of aromatic nitrogens is 4. The Balaban J connectivity index is 1.91. The molecule has 28 heavy (non-hydrogen) atoms. The van der Waals surface area contributed by atoms with Gasteiger partial charge in [-0.1, -0.05) is 36.2 Å². The summed E-state index contributed by atoms with van der Waals surface area (Å²) in [6, 6.07) is 10.4. The van der Waals surface area contributed by atoms with Gasteiger partial charge in [0.2, 0.25) is 5.95 Å². The normalized spacial score (nSPS) is 11.2. The van der Waals surface area contributed by atoms with Crippen molar-refractivity contribution < 1.29 is 5.21 Å². The molecule has 4 aromatic rings. The first-order valence-corrected chi connectivity index (χ1v) is 9.24. The van der Waals surface area contributed by atoms with Gasteiger partial charge in [-0.3, -0.25) is 0 Å². The zero-order valence-electron chi connectivity index (χ0n) is 14.8. The lowest BCUT2D eigenvalue weighted by Gasteiger charge is -2.11. The predicted octanol–water partition coefficient (Wildman–Crippen LogP) is 4.43. The zero-order valence-corrected chi connectivity index (χ0v) is 16.3. The van der Waals surface area contributed by atoms with E-state index < -0.39 is 0 Å². The minimum absolute atomic E-state index is 0.131. The van der Waals surface area contributed by atoms with E-state index in [1.165, 1.54) is 0 Å². The first-order valence-electron chi connectivity index (χ1n) is 8.48. The number of benzene rings is 2. The number of halogens is 2. The Morgan fingerprint density at radius 3 is 2.54 bits per heavy atom. The Labute approximate surface area is 170 Å². The molecule has 0 saturated carbocycles. The van der Waals surface area contributed by atoms with E-state index in [9.17, 15) is 5.21 Å². The number of hydrogen-bond acceptors (Lipinski definition) is 6. The van der Waals surface area contributed by atoms with E-state index in [1.54, 1.807) is 30.3 Å². The summed E-state index contributed by atoms with van der Waals surface area (Å²) in [4.78, 5) is 12.8. The maximum absolute atomic E-state index is 10.7. The summed E-state index contributed by atoms with van der Waals surface area (Å²) in [7, 11) is 0. The maximum atomic E-state index is 10.7. The van der Waals surface area contributed by atoms with Crippen LogP contribution in [0.3, 0.4) is 0 Å². The molecule has 0 bridgehead atoms. The summed E-state index contributed by atoms with van der Waals surface area (Å²) >= 11 is 12.2. The van der Waals surface area contributed by atoms with Crippen LogP contribution in [0.1, 0.15) is 12.6 Å². The third kappa shape index (κ3) is 2.98. The molecule has 0 unspecified atom stereocenters. The van der Waals surface area contributed by atoms with Crippen molar-refractivity contribution in [3.63, 3.8) is 0 Å². The van der Waals surface area contributed by atoms with Gasteiger partial charge >= 0.3 is 0 Å². The molecule has 0 aliphatic carbocycles. The van der Waals surface area contributed by atoms with Gasteiger partial charge in [-0.2, -0.15) is 9.71 Å². The highest BCUT2D eigenvalue weighted by Gasteiger charge is 2.18. The van der Waals surface area contributed by atoms with Crippen LogP contribution in [0.15, 0.2) is 36.4 Å². The molecule has 2 aromatic heterocycles. The number of rotatable bonds is 3. The molecule has 7 nitrogen and oxygen atoms in total. The van der Waals surface area contributed by atoms with Crippen molar-refractivity contribution in [1.82, 2.24) is 19.7 Å². The van der Waals surface area contributed by atoms with Crippen LogP contribution in [0.5, 0.6) is 0 Å². The van der Waals surface area contributed by atoms with E-state index in [2.05, 4.69) is 15.0 Å². The van der Waals surface area contributed by atoms with Crippen LogP contribution in [-0.4, -0.2) is 24.9 Å². The molecule has 0 radical (unpaired) electrons. The third-order valence-electron chi connectivity index (χ3n) is 4.46. The second-order valence-electron chi connectivity index (χ2n) is 6.22. The number of aryl methyl sites for hydroxylation is 1. The summed E-state index contributed by atoms with van der Waals surface area (Å²) in [6.07, 6.45) is 0.633. The first kappa shape index (κ1) is 18.3. The first-order chi connectivity index (χ1) is 13.4. The van der Waals surface area contributed by atoms with Crippen molar-refractivity contribution in [3.05, 3.63) is 52.1 Å². The molecule has 0 atom stereocenters. The van der Waals surface area contributed by atoms with E-state index >= 15 is 0 Å². The topological polar surface area (TPSA) is 116 Å². The molecular weight excluding hydrogens is 399 g/mol. The minimum Gasteiger partial charge on any atom is -0.426 e. The van der Waals surface area contributed by atoms with Crippen LogP contribution in [0, 0.1) is 0 Å². The highest BCUT2D eigenvalue weighted by atomic mass is 35.5. The summed E-state index contributed by atoms with van der Waals surface area (Å²) < 4.78 is 0.994. The van der Waals surface area contributed by atoms with Gasteiger partial charge < -0.3 is 16.7 Å². The number of anilines is 2. The van der Waals surface area contributed by atoms with Gasteiger partial charge in [0.15, 0.2) is 5.82 Å². The molecular formula is C19H16Cl2N6O. The predicted molar refractivity (Wildman–Crippen MR) is 112 cm³/mol. The molecule has 2 aromatic carbocycles. The van der Waals surface area contributed by atoms with Gasteiger partial charge in [0.1, 0.15) is 11.3 Å². The Bertz CT molecular complexity index is 1220. The highest BCUT2D eigenvalue weighted by Crippen LogP contribution is 2.34. The second kappa shape index (κ2) is 6.85. The molecule has 0 aliphatic heterocycles. The molecule has 0 fully saturated rings. The maximum Gasteiger partial charge on any atom is 0.222 e. The summed E-state index contributed by atoms with van der Waals surface area (Å²) in [5.41, 5.74) is 15.6. The van der Waals surface area contributed by atoms with Crippen molar-refractivity contribution in [3.8, 4) is 22.5 Å². The fourth-order valence-corrected chi connectivity index (χ4v) is 3.67. The van der Waals surface area contributed by atoms with Crippen molar-refractivity contribution in [1.29, 1.82) is 0 Å². The molecule has 0 amide bonds. The quantitative estimate of drug-likeness (QED) is 0.426. The van der Waals surface area contributed by atoms with Crippen LogP contribution in [0.2, 0.25) is 10.0 Å². The molecule has 9 heteroatoms. The molecule has 5 N–H and O–H groups in total. The second-order valence-corrected chi connectivity index (χ2v) is 7.06. The Morgan fingerprint density at radius 1 is 1.04 bits per heavy atom. The minimum atomic E-state index is 0.131. The molecule has 2 heterocycles. The molecule has 0 spiro atoms. The standard InChI is InChI=1S/C19H16Cl2N6O/c1-2-13-16(17(22)26-19(23)25-13)9-3-6-14-15(7-9)27(28)18(24-14)11-5-4-10(20)8-12(11)21/h3-8,28H,2H2,1H3,(H4,22,23,25,26). The van der Waals surface area contributed by atoms with Crippen LogP contribution in [-0.2, 0) is 6.42 Å². The number of imidazole rings is 1. The monoisotopic (exact) mass is 414 g/mol. The third-order valence-corrected chi connectivity index (χ3v) is 5.00. The Morgan fingerprint density at radius 2 is 1.82 bits per heavy atom. The number of hydrogen-bond donors (Lipinski definition) is 3. The van der Waals surface area contributed by atoms with Gasteiger partial charge in [-0.15, -0.1) is 0 Å². The largest absolute Gasteiger partial charge is 0.426 e. The lowest BCUT2D eigenvalue weighted by Crippen LogP contribution is -2.06. The van der Waals surface area contributed by atoms with Gasteiger partial charge in [0.05, 0.1) is 16.2 Å². The Hall–Kier alpha value is -3.03. The van der Waals surface area contributed by atoms with E-state index in [0.29, 0.717) is 44.5 Å². The molecule has 4 rings (SSSR count). The van der Waals surface area contributed by atoms with Crippen molar-refractivity contribution >= 4 is 46.0 Å². The summed E-state index contributed by atoms with van der Waals surface area (Å²) in [5, 5.41) is 11.6. The fourth-order valence-electron chi connectivity index (χ4n) is 3.18. The van der Waals surface area contributed by atoms with Gasteiger partial charge in [0, 0.05) is 16.1 Å². The smallest absolute Gasteiger partial charge is 0.222 e. The van der Waals surface area contributed by atoms with Gasteiger partial charge in [-0.05, 0) is 42.3 Å². The number of nitrogens with two attached hydrogens (primary N) is 2. The molecule has 0 saturated heterocycles. The van der Waals surface area contributed by atoms with E-state index in [0.717, 1.165) is 16.0 Å². The average Bonchev–Trinajstić information content (AvgIpc) is 2.97. The number of nitrogens with zero attached hydrogens (tertiary/aromatic N) is 4. The van der Waals surface area contributed by atoms with Crippen molar-refractivity contribution in [2.75, 3.05) is 11.5 Å². The van der Waals surface area contributed by atoms with Crippen molar-refractivity contribution in [2.24, 2.45) is 0 Å². The SMILES string of the molecule is CCc1nc(N)nc(N)c1-c1ccc2nc(-c3ccc(Cl)cc3Cl)n(O)c2c1. The van der Waals surface area contributed by atoms with Gasteiger partial charge in [-0.25, -0.2) is 9.97 Å². The van der Waals surface area contributed by atoms with E-state index in [1.807, 2.05) is 13.0 Å². The fraction of sp³-hybridized carbons (Fsp3) is 0.105. The van der Waals surface area contributed by atoms with Crippen LogP contribution in [0.25, 0.3) is 33.5 Å². The van der Waals surface area contributed by atoms with E-state index in [4.69, 9.17) is 34.7 Å². The number of fused-ring (bicyclic) bond motifs is 1. The van der Waals surface area contributed by atoms with Crippen LogP contribution >= 0.6 is 23.2 Å².